The van der Waals surface area contributed by atoms with E-state index in [4.69, 9.17) is 9.72 Å². The molecule has 3 aromatic rings. The molecule has 0 spiro atoms. The molecule has 3 rings (SSSR count). The highest BCUT2D eigenvalue weighted by Crippen LogP contribution is 2.23. The summed E-state index contributed by atoms with van der Waals surface area (Å²) in [5.74, 6) is 2.42. The van der Waals surface area contributed by atoms with E-state index in [1.165, 1.54) is 16.6 Å². The van der Waals surface area contributed by atoms with Crippen LogP contribution in [0.3, 0.4) is 0 Å². The predicted molar refractivity (Wildman–Crippen MR) is 136 cm³/mol. The van der Waals surface area contributed by atoms with Crippen LogP contribution >= 0.6 is 0 Å². The first-order chi connectivity index (χ1) is 16.0. The Morgan fingerprint density at radius 3 is 2.45 bits per heavy atom. The van der Waals surface area contributed by atoms with Gasteiger partial charge in [-0.25, -0.2) is 4.98 Å². The zero-order valence-corrected chi connectivity index (χ0v) is 20.7. The minimum atomic E-state index is 0.125. The van der Waals surface area contributed by atoms with Crippen molar-refractivity contribution in [1.82, 2.24) is 14.9 Å². The van der Waals surface area contributed by atoms with Crippen LogP contribution in [0.1, 0.15) is 62.9 Å². The number of aryl methyl sites for hydroxylation is 4. The van der Waals surface area contributed by atoms with Gasteiger partial charge in [-0.2, -0.15) is 0 Å². The largest absolute Gasteiger partial charge is 0.493 e. The number of benzene rings is 2. The predicted octanol–water partition coefficient (Wildman–Crippen LogP) is 6.00. The van der Waals surface area contributed by atoms with Gasteiger partial charge in [-0.15, -0.1) is 0 Å². The quantitative estimate of drug-likeness (QED) is 0.326. The van der Waals surface area contributed by atoms with Crippen LogP contribution in [0.25, 0.3) is 11.0 Å². The molecule has 0 aliphatic carbocycles. The van der Waals surface area contributed by atoms with Gasteiger partial charge in [0, 0.05) is 25.4 Å². The van der Waals surface area contributed by atoms with E-state index in [-0.39, 0.29) is 11.8 Å². The van der Waals surface area contributed by atoms with Crippen molar-refractivity contribution in [1.29, 1.82) is 0 Å². The molecule has 0 bridgehead atoms. The molecule has 0 aliphatic heterocycles. The second-order valence-corrected chi connectivity index (χ2v) is 8.85. The van der Waals surface area contributed by atoms with Gasteiger partial charge in [0.1, 0.15) is 11.6 Å². The third-order valence-electron chi connectivity index (χ3n) is 6.40. The van der Waals surface area contributed by atoms with Crippen molar-refractivity contribution in [3.8, 4) is 5.75 Å². The number of rotatable bonds is 13. The van der Waals surface area contributed by atoms with Gasteiger partial charge in [0.15, 0.2) is 0 Å². The average molecular weight is 450 g/mol. The molecule has 33 heavy (non-hydrogen) atoms. The molecular formula is C28H39N3O2. The smallest absolute Gasteiger partial charge is 0.223 e. The highest BCUT2D eigenvalue weighted by atomic mass is 16.5. The van der Waals surface area contributed by atoms with Gasteiger partial charge in [-0.3, -0.25) is 4.79 Å². The summed E-state index contributed by atoms with van der Waals surface area (Å²) in [5, 5.41) is 3.10. The molecule has 1 heterocycles. The fraction of sp³-hybridized carbons (Fsp3) is 0.500. The molecule has 178 valence electrons. The summed E-state index contributed by atoms with van der Waals surface area (Å²) in [6.45, 7) is 10.7. The van der Waals surface area contributed by atoms with E-state index in [0.717, 1.165) is 68.8 Å². The topological polar surface area (TPSA) is 56.2 Å². The van der Waals surface area contributed by atoms with Gasteiger partial charge in [0.2, 0.25) is 5.91 Å². The van der Waals surface area contributed by atoms with Crippen molar-refractivity contribution < 1.29 is 9.53 Å². The number of nitrogens with zero attached hydrogens (tertiary/aromatic N) is 2. The van der Waals surface area contributed by atoms with Crippen LogP contribution in [0.4, 0.5) is 0 Å². The normalized spacial score (nSPS) is 11.3. The lowest BCUT2D eigenvalue weighted by Crippen LogP contribution is -2.31. The highest BCUT2D eigenvalue weighted by molar-refractivity contribution is 5.78. The molecule has 0 radical (unpaired) electrons. The van der Waals surface area contributed by atoms with Crippen molar-refractivity contribution in [3.05, 3.63) is 59.4 Å². The number of nitrogens with one attached hydrogen (secondary N) is 1. The Morgan fingerprint density at radius 2 is 1.73 bits per heavy atom. The molecule has 5 nitrogen and oxygen atoms in total. The first-order valence-corrected chi connectivity index (χ1v) is 12.5. The zero-order chi connectivity index (χ0) is 23.6. The number of hydrogen-bond acceptors (Lipinski definition) is 3. The highest BCUT2D eigenvalue weighted by Gasteiger charge is 2.14. The summed E-state index contributed by atoms with van der Waals surface area (Å²) in [5.41, 5.74) is 4.60. The second-order valence-electron chi connectivity index (χ2n) is 8.85. The summed E-state index contributed by atoms with van der Waals surface area (Å²) >= 11 is 0. The Kier molecular flexibility index (Phi) is 9.35. The van der Waals surface area contributed by atoms with Crippen molar-refractivity contribution >= 4 is 16.9 Å². The van der Waals surface area contributed by atoms with Crippen LogP contribution in [-0.2, 0) is 17.8 Å². The van der Waals surface area contributed by atoms with E-state index in [9.17, 15) is 4.79 Å². The maximum absolute atomic E-state index is 12.2. The van der Waals surface area contributed by atoms with Gasteiger partial charge in [-0.05, 0) is 69.2 Å². The number of aromatic nitrogens is 2. The number of fused-ring (bicyclic) bond motifs is 1. The number of para-hydroxylation sites is 3. The molecule has 5 heteroatoms. The van der Waals surface area contributed by atoms with Crippen LogP contribution in [0, 0.1) is 19.8 Å². The monoisotopic (exact) mass is 449 g/mol. The molecule has 0 saturated heterocycles. The summed E-state index contributed by atoms with van der Waals surface area (Å²) in [4.78, 5) is 17.1. The SMILES string of the molecule is CCC(CC)C(=O)NCCCc1nc2ccccc2n1CCCCOc1c(C)cccc1C. The number of carbonyl (C=O) groups excluding carboxylic acids is 1. The Hall–Kier alpha value is -2.82. The van der Waals surface area contributed by atoms with Crippen LogP contribution in [0.15, 0.2) is 42.5 Å². The van der Waals surface area contributed by atoms with Gasteiger partial charge < -0.3 is 14.6 Å². The van der Waals surface area contributed by atoms with E-state index in [2.05, 4.69) is 74.0 Å². The standard InChI is InChI=1S/C28H39N3O2/c1-5-23(6-2)28(32)29-18-12-17-26-30-24-15-7-8-16-25(24)31(26)19-9-10-20-33-27-21(3)13-11-14-22(27)4/h7-8,11,13-16,23H,5-6,9-10,12,17-20H2,1-4H3,(H,29,32). The minimum Gasteiger partial charge on any atom is -0.493 e. The Morgan fingerprint density at radius 1 is 1.00 bits per heavy atom. The van der Waals surface area contributed by atoms with Crippen molar-refractivity contribution in [2.24, 2.45) is 5.92 Å². The van der Waals surface area contributed by atoms with E-state index < -0.39 is 0 Å². The third kappa shape index (κ3) is 6.59. The molecule has 0 atom stereocenters. The van der Waals surface area contributed by atoms with Crippen LogP contribution in [-0.4, -0.2) is 28.6 Å². The Balaban J connectivity index is 1.53. The molecule has 0 aliphatic rings. The maximum atomic E-state index is 12.2. The fourth-order valence-electron chi connectivity index (χ4n) is 4.40. The first-order valence-electron chi connectivity index (χ1n) is 12.5. The zero-order valence-electron chi connectivity index (χ0n) is 20.7. The maximum Gasteiger partial charge on any atom is 0.223 e. The number of unbranched alkanes of at least 4 members (excludes halogenated alkanes) is 1. The number of hydrogen-bond donors (Lipinski definition) is 1. The number of imidazole rings is 1. The fourth-order valence-corrected chi connectivity index (χ4v) is 4.40. The van der Waals surface area contributed by atoms with E-state index in [1.807, 2.05) is 6.07 Å². The molecule has 1 amide bonds. The summed E-state index contributed by atoms with van der Waals surface area (Å²) < 4.78 is 8.42. The lowest BCUT2D eigenvalue weighted by molar-refractivity contribution is -0.125. The van der Waals surface area contributed by atoms with Crippen molar-refractivity contribution in [2.75, 3.05) is 13.2 Å². The van der Waals surface area contributed by atoms with Crippen LogP contribution < -0.4 is 10.1 Å². The molecule has 1 aromatic heterocycles. The molecule has 2 aromatic carbocycles. The van der Waals surface area contributed by atoms with E-state index in [1.54, 1.807) is 0 Å². The lowest BCUT2D eigenvalue weighted by Gasteiger charge is -2.14. The third-order valence-corrected chi connectivity index (χ3v) is 6.40. The van der Waals surface area contributed by atoms with E-state index >= 15 is 0 Å². The Bertz CT molecular complexity index is 1020. The molecule has 0 fully saturated rings. The van der Waals surface area contributed by atoms with Crippen LogP contribution in [0.2, 0.25) is 0 Å². The summed E-state index contributed by atoms with van der Waals surface area (Å²) in [6, 6.07) is 14.6. The average Bonchev–Trinajstić information content (AvgIpc) is 3.16. The number of ether oxygens (including phenoxy) is 1. The van der Waals surface area contributed by atoms with Gasteiger partial charge in [-0.1, -0.05) is 44.2 Å². The minimum absolute atomic E-state index is 0.125. The summed E-state index contributed by atoms with van der Waals surface area (Å²) in [6.07, 6.45) is 5.56. The Labute approximate surface area is 198 Å². The van der Waals surface area contributed by atoms with Crippen molar-refractivity contribution in [3.63, 3.8) is 0 Å². The molecular weight excluding hydrogens is 410 g/mol. The number of amides is 1. The van der Waals surface area contributed by atoms with Gasteiger partial charge in [0.25, 0.3) is 0 Å². The van der Waals surface area contributed by atoms with Crippen LogP contribution in [0.5, 0.6) is 5.75 Å². The number of carbonyl (C=O) groups is 1. The van der Waals surface area contributed by atoms with Gasteiger partial charge >= 0.3 is 0 Å². The summed E-state index contributed by atoms with van der Waals surface area (Å²) in [7, 11) is 0. The molecule has 0 unspecified atom stereocenters. The van der Waals surface area contributed by atoms with E-state index in [0.29, 0.717) is 6.54 Å². The molecule has 1 N–H and O–H groups in total. The first kappa shape index (κ1) is 24.8. The molecule has 0 saturated carbocycles. The van der Waals surface area contributed by atoms with Gasteiger partial charge in [0.05, 0.1) is 17.6 Å². The lowest BCUT2D eigenvalue weighted by atomic mass is 10.0. The van der Waals surface area contributed by atoms with Crippen molar-refractivity contribution in [2.45, 2.75) is 72.8 Å². The second kappa shape index (κ2) is 12.4.